The van der Waals surface area contributed by atoms with Crippen LogP contribution in [0.3, 0.4) is 0 Å². The van der Waals surface area contributed by atoms with Gasteiger partial charge in [0.2, 0.25) is 0 Å². The number of hydrogen-bond acceptors (Lipinski definition) is 3. The van der Waals surface area contributed by atoms with Gasteiger partial charge < -0.3 is 0 Å². The highest BCUT2D eigenvalue weighted by molar-refractivity contribution is 5.93. The largest absolute Gasteiger partial charge is 0.289 e. The molecule has 1 N–H and O–H groups in total. The van der Waals surface area contributed by atoms with Crippen LogP contribution in [0.25, 0.3) is 0 Å². The molecule has 102 valence electrons. The molecule has 0 saturated carbocycles. The Labute approximate surface area is 118 Å². The summed E-state index contributed by atoms with van der Waals surface area (Å²) in [7, 11) is 0. The summed E-state index contributed by atoms with van der Waals surface area (Å²) in [6.45, 7) is 4.07. The number of hydrogen-bond donors (Lipinski definition) is 1. The second-order valence-electron chi connectivity index (χ2n) is 4.52. The van der Waals surface area contributed by atoms with Gasteiger partial charge in [-0.2, -0.15) is 5.10 Å². The molecule has 0 spiro atoms. The van der Waals surface area contributed by atoms with Gasteiger partial charge >= 0.3 is 0 Å². The molecule has 1 aromatic heterocycles. The standard InChI is InChI=1S/C16H17N3O/c1-3-13-8-9-15(17-10-13)16(20)19-18-11-14-6-4-12(2)5-7-14/h4-11H,3H2,1-2H3,(H,19,20). The summed E-state index contributed by atoms with van der Waals surface area (Å²) in [5.74, 6) is -0.309. The Kier molecular flexibility index (Phi) is 4.60. The van der Waals surface area contributed by atoms with Crippen LogP contribution < -0.4 is 5.43 Å². The molecule has 20 heavy (non-hydrogen) atoms. The average molecular weight is 267 g/mol. The molecule has 2 aromatic rings. The number of amides is 1. The topological polar surface area (TPSA) is 54.4 Å². The molecular weight excluding hydrogens is 250 g/mol. The van der Waals surface area contributed by atoms with Gasteiger partial charge in [-0.05, 0) is 30.5 Å². The SMILES string of the molecule is CCc1ccc(C(=O)NN=Cc2ccc(C)cc2)nc1. The summed E-state index contributed by atoms with van der Waals surface area (Å²) in [5.41, 5.74) is 6.06. The minimum absolute atomic E-state index is 0.309. The number of aryl methyl sites for hydroxylation is 2. The van der Waals surface area contributed by atoms with E-state index in [0.29, 0.717) is 5.69 Å². The first-order valence-corrected chi connectivity index (χ1v) is 6.54. The molecule has 0 aliphatic carbocycles. The van der Waals surface area contributed by atoms with Gasteiger partial charge in [0, 0.05) is 6.20 Å². The van der Waals surface area contributed by atoms with Gasteiger partial charge in [-0.25, -0.2) is 5.43 Å². The van der Waals surface area contributed by atoms with Gasteiger partial charge in [-0.1, -0.05) is 42.8 Å². The van der Waals surface area contributed by atoms with Crippen LogP contribution in [0.1, 0.15) is 34.1 Å². The third kappa shape index (κ3) is 3.75. The van der Waals surface area contributed by atoms with Crippen molar-refractivity contribution in [2.45, 2.75) is 20.3 Å². The van der Waals surface area contributed by atoms with Crippen molar-refractivity contribution in [3.8, 4) is 0 Å². The van der Waals surface area contributed by atoms with E-state index in [9.17, 15) is 4.79 Å². The Morgan fingerprint density at radius 3 is 2.60 bits per heavy atom. The molecule has 1 amide bonds. The molecule has 0 saturated heterocycles. The number of pyridine rings is 1. The molecule has 0 atom stereocenters. The minimum atomic E-state index is -0.309. The van der Waals surface area contributed by atoms with Gasteiger partial charge in [-0.3, -0.25) is 9.78 Å². The van der Waals surface area contributed by atoms with Crippen LogP contribution in [-0.2, 0) is 6.42 Å². The molecule has 0 radical (unpaired) electrons. The van der Waals surface area contributed by atoms with Crippen molar-refractivity contribution in [3.05, 3.63) is 65.0 Å². The monoisotopic (exact) mass is 267 g/mol. The number of rotatable bonds is 4. The van der Waals surface area contributed by atoms with Crippen LogP contribution in [0.5, 0.6) is 0 Å². The molecule has 0 unspecified atom stereocenters. The third-order valence-corrected chi connectivity index (χ3v) is 2.92. The van der Waals surface area contributed by atoms with Crippen LogP contribution in [0.2, 0.25) is 0 Å². The molecule has 0 bridgehead atoms. The summed E-state index contributed by atoms with van der Waals surface area (Å²) in [6.07, 6.45) is 4.22. The predicted molar refractivity (Wildman–Crippen MR) is 79.9 cm³/mol. The summed E-state index contributed by atoms with van der Waals surface area (Å²) >= 11 is 0. The average Bonchev–Trinajstić information content (AvgIpc) is 2.49. The fraction of sp³-hybridized carbons (Fsp3) is 0.188. The highest BCUT2D eigenvalue weighted by Crippen LogP contribution is 2.02. The van der Waals surface area contributed by atoms with Gasteiger partial charge in [0.1, 0.15) is 5.69 Å². The van der Waals surface area contributed by atoms with E-state index in [-0.39, 0.29) is 5.91 Å². The van der Waals surface area contributed by atoms with Crippen molar-refractivity contribution in [1.82, 2.24) is 10.4 Å². The quantitative estimate of drug-likeness (QED) is 0.684. The molecule has 1 heterocycles. The smallest absolute Gasteiger partial charge is 0.266 e. The Bertz CT molecular complexity index is 601. The second kappa shape index (κ2) is 6.61. The van der Waals surface area contributed by atoms with Crippen LogP contribution in [0.15, 0.2) is 47.7 Å². The second-order valence-corrected chi connectivity index (χ2v) is 4.52. The maximum absolute atomic E-state index is 11.8. The van der Waals surface area contributed by atoms with E-state index in [1.54, 1.807) is 18.5 Å². The molecule has 0 aliphatic rings. The Balaban J connectivity index is 1.95. The first-order chi connectivity index (χ1) is 9.69. The zero-order chi connectivity index (χ0) is 14.4. The van der Waals surface area contributed by atoms with E-state index >= 15 is 0 Å². The molecular formula is C16H17N3O. The summed E-state index contributed by atoms with van der Waals surface area (Å²) in [4.78, 5) is 15.9. The molecule has 0 fully saturated rings. The van der Waals surface area contributed by atoms with Crippen molar-refractivity contribution < 1.29 is 4.79 Å². The fourth-order valence-electron chi connectivity index (χ4n) is 1.64. The number of carbonyl (C=O) groups excluding carboxylic acids is 1. The third-order valence-electron chi connectivity index (χ3n) is 2.92. The number of aromatic nitrogens is 1. The molecule has 1 aromatic carbocycles. The van der Waals surface area contributed by atoms with E-state index in [1.807, 2.05) is 44.2 Å². The number of nitrogens with one attached hydrogen (secondary N) is 1. The summed E-state index contributed by atoms with van der Waals surface area (Å²) in [5, 5.41) is 3.93. The van der Waals surface area contributed by atoms with Crippen molar-refractivity contribution in [1.29, 1.82) is 0 Å². The maximum atomic E-state index is 11.8. The highest BCUT2D eigenvalue weighted by Gasteiger charge is 2.04. The lowest BCUT2D eigenvalue weighted by Crippen LogP contribution is -2.18. The summed E-state index contributed by atoms with van der Waals surface area (Å²) in [6, 6.07) is 11.5. The summed E-state index contributed by atoms with van der Waals surface area (Å²) < 4.78 is 0. The highest BCUT2D eigenvalue weighted by atomic mass is 16.2. The molecule has 2 rings (SSSR count). The van der Waals surface area contributed by atoms with Gasteiger partial charge in [0.25, 0.3) is 5.91 Å². The fourth-order valence-corrected chi connectivity index (χ4v) is 1.64. The lowest BCUT2D eigenvalue weighted by atomic mass is 10.2. The van der Waals surface area contributed by atoms with E-state index in [1.165, 1.54) is 5.56 Å². The Hall–Kier alpha value is -2.49. The molecule has 0 aliphatic heterocycles. The van der Waals surface area contributed by atoms with Crippen molar-refractivity contribution in [2.24, 2.45) is 5.10 Å². The van der Waals surface area contributed by atoms with Crippen LogP contribution in [-0.4, -0.2) is 17.1 Å². The lowest BCUT2D eigenvalue weighted by molar-refractivity contribution is 0.0950. The molecule has 4 heteroatoms. The molecule has 4 nitrogen and oxygen atoms in total. The van der Waals surface area contributed by atoms with Gasteiger partial charge in [-0.15, -0.1) is 0 Å². The zero-order valence-electron chi connectivity index (χ0n) is 11.6. The zero-order valence-corrected chi connectivity index (χ0v) is 11.6. The van der Waals surface area contributed by atoms with Gasteiger partial charge in [0.05, 0.1) is 6.21 Å². The Morgan fingerprint density at radius 1 is 1.25 bits per heavy atom. The number of hydrazone groups is 1. The minimum Gasteiger partial charge on any atom is -0.266 e. The van der Waals surface area contributed by atoms with E-state index in [0.717, 1.165) is 17.5 Å². The van der Waals surface area contributed by atoms with Crippen molar-refractivity contribution in [2.75, 3.05) is 0 Å². The van der Waals surface area contributed by atoms with Crippen molar-refractivity contribution >= 4 is 12.1 Å². The van der Waals surface area contributed by atoms with Crippen molar-refractivity contribution in [3.63, 3.8) is 0 Å². The first kappa shape index (κ1) is 13.9. The van der Waals surface area contributed by atoms with Crippen LogP contribution >= 0.6 is 0 Å². The lowest BCUT2D eigenvalue weighted by Gasteiger charge is -2.00. The van der Waals surface area contributed by atoms with Crippen LogP contribution in [0.4, 0.5) is 0 Å². The maximum Gasteiger partial charge on any atom is 0.289 e. The number of carbonyl (C=O) groups is 1. The van der Waals surface area contributed by atoms with E-state index in [4.69, 9.17) is 0 Å². The van der Waals surface area contributed by atoms with Gasteiger partial charge in [0.15, 0.2) is 0 Å². The number of nitrogens with zero attached hydrogens (tertiary/aromatic N) is 2. The van der Waals surface area contributed by atoms with E-state index in [2.05, 4.69) is 15.5 Å². The van der Waals surface area contributed by atoms with Crippen LogP contribution in [0, 0.1) is 6.92 Å². The predicted octanol–water partition coefficient (Wildman–Crippen LogP) is 2.72. The van der Waals surface area contributed by atoms with E-state index < -0.39 is 0 Å². The number of benzene rings is 1. The normalized spacial score (nSPS) is 10.7. The Morgan fingerprint density at radius 2 is 2.00 bits per heavy atom. The first-order valence-electron chi connectivity index (χ1n) is 6.54.